The van der Waals surface area contributed by atoms with Gasteiger partial charge in [-0.05, 0) is 42.7 Å². The summed E-state index contributed by atoms with van der Waals surface area (Å²) in [5, 5.41) is 14.2. The van der Waals surface area contributed by atoms with Crippen molar-refractivity contribution in [2.24, 2.45) is 11.8 Å². The van der Waals surface area contributed by atoms with Crippen LogP contribution in [0.1, 0.15) is 31.2 Å². The molecule has 1 aliphatic heterocycles. The number of hydrogen-bond donors (Lipinski definition) is 2. The summed E-state index contributed by atoms with van der Waals surface area (Å²) in [6.07, 6.45) is 2.06. The molecule has 1 heterocycles. The average Bonchev–Trinajstić information content (AvgIpc) is 3.15. The van der Waals surface area contributed by atoms with Crippen LogP contribution in [0.4, 0.5) is 0 Å². The van der Waals surface area contributed by atoms with Crippen molar-refractivity contribution in [3.05, 3.63) is 35.9 Å². The molecular weight excluding hydrogens is 210 g/mol. The van der Waals surface area contributed by atoms with Gasteiger partial charge >= 0.3 is 0 Å². The first kappa shape index (κ1) is 11.2. The number of benzene rings is 1. The Hall–Kier alpha value is -0.860. The molecular formula is C15H21NO. The highest BCUT2D eigenvalue weighted by Crippen LogP contribution is 2.56. The van der Waals surface area contributed by atoms with E-state index in [1.54, 1.807) is 0 Å². The van der Waals surface area contributed by atoms with Crippen molar-refractivity contribution >= 4 is 0 Å². The lowest BCUT2D eigenvalue weighted by Gasteiger charge is -2.39. The molecule has 4 atom stereocenters. The van der Waals surface area contributed by atoms with E-state index in [1.807, 2.05) is 0 Å². The Morgan fingerprint density at radius 1 is 1.29 bits per heavy atom. The van der Waals surface area contributed by atoms with Crippen LogP contribution in [0, 0.1) is 11.8 Å². The van der Waals surface area contributed by atoms with Crippen molar-refractivity contribution in [2.45, 2.75) is 31.3 Å². The van der Waals surface area contributed by atoms with Crippen molar-refractivity contribution < 1.29 is 5.11 Å². The van der Waals surface area contributed by atoms with Gasteiger partial charge in [0, 0.05) is 6.54 Å². The van der Waals surface area contributed by atoms with E-state index >= 15 is 0 Å². The lowest BCUT2D eigenvalue weighted by Crippen LogP contribution is -2.50. The molecule has 2 heteroatoms. The number of rotatable bonds is 2. The minimum absolute atomic E-state index is 0.370. The lowest BCUT2D eigenvalue weighted by atomic mass is 9.78. The van der Waals surface area contributed by atoms with Gasteiger partial charge in [-0.25, -0.2) is 0 Å². The van der Waals surface area contributed by atoms with E-state index < -0.39 is 5.60 Å². The summed E-state index contributed by atoms with van der Waals surface area (Å²) in [7, 11) is 0. The van der Waals surface area contributed by atoms with E-state index in [0.717, 1.165) is 25.9 Å². The zero-order chi connectivity index (χ0) is 11.9. The summed E-state index contributed by atoms with van der Waals surface area (Å²) in [6.45, 7) is 4.08. The molecule has 2 N–H and O–H groups in total. The van der Waals surface area contributed by atoms with E-state index in [9.17, 15) is 5.11 Å². The molecule has 0 spiro atoms. The molecule has 4 unspecified atom stereocenters. The molecule has 1 aliphatic carbocycles. The minimum Gasteiger partial charge on any atom is -0.389 e. The predicted octanol–water partition coefficient (Wildman–Crippen LogP) is 2.15. The van der Waals surface area contributed by atoms with E-state index in [-0.39, 0.29) is 0 Å². The van der Waals surface area contributed by atoms with Gasteiger partial charge in [-0.1, -0.05) is 37.3 Å². The van der Waals surface area contributed by atoms with Crippen LogP contribution in [0.3, 0.4) is 0 Å². The highest BCUT2D eigenvalue weighted by Gasteiger charge is 2.55. The fourth-order valence-corrected chi connectivity index (χ4v) is 3.40. The normalized spacial score (nSPS) is 41.2. The first-order valence-electron chi connectivity index (χ1n) is 6.70. The van der Waals surface area contributed by atoms with Gasteiger partial charge in [0.2, 0.25) is 0 Å². The lowest BCUT2D eigenvalue weighted by molar-refractivity contribution is -0.0544. The van der Waals surface area contributed by atoms with Crippen LogP contribution in [-0.2, 0) is 0 Å². The molecule has 2 nitrogen and oxygen atoms in total. The van der Waals surface area contributed by atoms with E-state index in [2.05, 4.69) is 42.6 Å². The smallest absolute Gasteiger partial charge is 0.0731 e. The van der Waals surface area contributed by atoms with Gasteiger partial charge < -0.3 is 10.4 Å². The van der Waals surface area contributed by atoms with Crippen molar-refractivity contribution in [1.29, 1.82) is 0 Å². The van der Waals surface area contributed by atoms with Gasteiger partial charge in [0.05, 0.1) is 5.60 Å². The second kappa shape index (κ2) is 4.11. The van der Waals surface area contributed by atoms with Gasteiger partial charge in [0.1, 0.15) is 0 Å². The number of aliphatic hydroxyl groups is 1. The fourth-order valence-electron chi connectivity index (χ4n) is 3.40. The van der Waals surface area contributed by atoms with E-state index in [1.165, 1.54) is 5.56 Å². The van der Waals surface area contributed by atoms with Crippen LogP contribution in [0.5, 0.6) is 0 Å². The van der Waals surface area contributed by atoms with Crippen LogP contribution in [0.15, 0.2) is 30.3 Å². The monoisotopic (exact) mass is 231 g/mol. The maximum Gasteiger partial charge on any atom is 0.0731 e. The third-order valence-corrected chi connectivity index (χ3v) is 4.67. The van der Waals surface area contributed by atoms with Crippen LogP contribution in [-0.4, -0.2) is 23.8 Å². The van der Waals surface area contributed by atoms with Crippen molar-refractivity contribution in [3.63, 3.8) is 0 Å². The van der Waals surface area contributed by atoms with E-state index in [0.29, 0.717) is 17.8 Å². The van der Waals surface area contributed by atoms with Gasteiger partial charge in [-0.3, -0.25) is 0 Å². The van der Waals surface area contributed by atoms with Gasteiger partial charge in [0.15, 0.2) is 0 Å². The van der Waals surface area contributed by atoms with Gasteiger partial charge in [-0.2, -0.15) is 0 Å². The van der Waals surface area contributed by atoms with Crippen LogP contribution in [0.2, 0.25) is 0 Å². The molecule has 2 fully saturated rings. The Kier molecular flexibility index (Phi) is 2.72. The largest absolute Gasteiger partial charge is 0.389 e. The maximum absolute atomic E-state index is 10.9. The highest BCUT2D eigenvalue weighted by atomic mass is 16.3. The van der Waals surface area contributed by atoms with Crippen LogP contribution >= 0.6 is 0 Å². The molecule has 0 bridgehead atoms. The summed E-state index contributed by atoms with van der Waals surface area (Å²) < 4.78 is 0. The van der Waals surface area contributed by atoms with Crippen molar-refractivity contribution in [2.75, 3.05) is 13.1 Å². The molecule has 2 aliphatic rings. The SMILES string of the molecule is CC1CNCCC1(O)C1CC1c1ccccc1. The maximum atomic E-state index is 10.9. The number of hydrogen-bond acceptors (Lipinski definition) is 2. The summed E-state index contributed by atoms with van der Waals surface area (Å²) in [5.74, 6) is 1.43. The number of piperidine rings is 1. The molecule has 92 valence electrons. The zero-order valence-corrected chi connectivity index (χ0v) is 10.4. The Morgan fingerprint density at radius 2 is 2.06 bits per heavy atom. The first-order chi connectivity index (χ1) is 8.22. The molecule has 0 aromatic heterocycles. The second-order valence-electron chi connectivity index (χ2n) is 5.71. The van der Waals surface area contributed by atoms with E-state index in [4.69, 9.17) is 0 Å². The second-order valence-corrected chi connectivity index (χ2v) is 5.71. The Bertz CT molecular complexity index is 391. The topological polar surface area (TPSA) is 32.3 Å². The summed E-state index contributed by atoms with van der Waals surface area (Å²) in [4.78, 5) is 0. The molecule has 3 rings (SSSR count). The van der Waals surface area contributed by atoms with Gasteiger partial charge in [-0.15, -0.1) is 0 Å². The standard InChI is InChI=1S/C15H21NO/c1-11-10-16-8-7-15(11,17)14-9-13(14)12-5-3-2-4-6-12/h2-6,11,13-14,16-17H,7-10H2,1H3. The minimum atomic E-state index is -0.439. The van der Waals surface area contributed by atoms with Crippen molar-refractivity contribution in [3.8, 4) is 0 Å². The zero-order valence-electron chi connectivity index (χ0n) is 10.4. The van der Waals surface area contributed by atoms with Crippen molar-refractivity contribution in [1.82, 2.24) is 5.32 Å². The molecule has 1 aromatic rings. The predicted molar refractivity (Wildman–Crippen MR) is 68.9 cm³/mol. The Labute approximate surface area is 103 Å². The Morgan fingerprint density at radius 3 is 2.76 bits per heavy atom. The molecule has 1 aromatic carbocycles. The summed E-state index contributed by atoms with van der Waals surface area (Å²) in [5.41, 5.74) is 0.961. The molecule has 17 heavy (non-hydrogen) atoms. The fraction of sp³-hybridized carbons (Fsp3) is 0.600. The molecule has 1 saturated heterocycles. The first-order valence-corrected chi connectivity index (χ1v) is 6.70. The molecule has 0 amide bonds. The average molecular weight is 231 g/mol. The summed E-state index contributed by atoms with van der Waals surface area (Å²) in [6, 6.07) is 10.6. The quantitative estimate of drug-likeness (QED) is 0.817. The summed E-state index contributed by atoms with van der Waals surface area (Å²) >= 11 is 0. The Balaban J connectivity index is 1.75. The highest BCUT2D eigenvalue weighted by molar-refractivity contribution is 5.28. The van der Waals surface area contributed by atoms with Crippen LogP contribution < -0.4 is 5.32 Å². The number of nitrogens with one attached hydrogen (secondary N) is 1. The third kappa shape index (κ3) is 1.90. The molecule has 1 saturated carbocycles. The van der Waals surface area contributed by atoms with Gasteiger partial charge in [0.25, 0.3) is 0 Å². The molecule has 0 radical (unpaired) electrons. The van der Waals surface area contributed by atoms with Crippen LogP contribution in [0.25, 0.3) is 0 Å². The third-order valence-electron chi connectivity index (χ3n) is 4.67.